The third-order valence-corrected chi connectivity index (χ3v) is 9.93. The van der Waals surface area contributed by atoms with Gasteiger partial charge in [-0.05, 0) is 80.5 Å². The topological polar surface area (TPSA) is 65.0 Å². The molecular weight excluding hydrogens is 460 g/mol. The molecule has 4 aliphatic carbocycles. The average molecular weight is 499 g/mol. The highest BCUT2D eigenvalue weighted by Crippen LogP contribution is 2.64. The van der Waals surface area contributed by atoms with Crippen LogP contribution < -0.4 is 0 Å². The van der Waals surface area contributed by atoms with Gasteiger partial charge in [-0.15, -0.1) is 0 Å². The zero-order valence-corrected chi connectivity index (χ0v) is 20.8. The van der Waals surface area contributed by atoms with Gasteiger partial charge in [-0.3, -0.25) is 4.79 Å². The van der Waals surface area contributed by atoms with Crippen molar-refractivity contribution in [2.75, 3.05) is 0 Å². The van der Waals surface area contributed by atoms with Crippen molar-refractivity contribution in [2.24, 2.45) is 35.0 Å². The first-order chi connectivity index (χ1) is 14.7. The summed E-state index contributed by atoms with van der Waals surface area (Å²) in [5.74, 6) is 2.57. The lowest BCUT2D eigenvalue weighted by atomic mass is 9.46. The number of hydrogen-bond acceptors (Lipinski definition) is 5. The number of carbonyl (C=O) groups is 1. The number of carbonyl (C=O) groups excluding carboxylic acids is 1. The summed E-state index contributed by atoms with van der Waals surface area (Å²) >= 11 is 3.79. The highest BCUT2D eigenvalue weighted by molar-refractivity contribution is 9.09. The first kappa shape index (κ1) is 23.6. The van der Waals surface area contributed by atoms with E-state index in [9.17, 15) is 9.90 Å². The van der Waals surface area contributed by atoms with E-state index >= 15 is 0 Å². The number of alkyl halides is 1. The van der Waals surface area contributed by atoms with Gasteiger partial charge in [0, 0.05) is 19.3 Å². The van der Waals surface area contributed by atoms with Crippen LogP contribution in [0.25, 0.3) is 0 Å². The van der Waals surface area contributed by atoms with E-state index in [1.165, 1.54) is 6.92 Å². The van der Waals surface area contributed by atoms with Gasteiger partial charge in [-0.25, -0.2) is 0 Å². The summed E-state index contributed by atoms with van der Waals surface area (Å²) in [7, 11) is 0. The number of aliphatic hydroxyl groups is 1. The van der Waals surface area contributed by atoms with Gasteiger partial charge in [0.1, 0.15) is 18.0 Å². The van der Waals surface area contributed by atoms with E-state index in [0.717, 1.165) is 57.8 Å². The maximum absolute atomic E-state index is 11.6. The Balaban J connectivity index is 1.45. The molecule has 4 fully saturated rings. The minimum Gasteiger partial charge on any atom is -0.461 e. The number of allylic oxidation sites excluding steroid dienone is 1. The van der Waals surface area contributed by atoms with E-state index in [2.05, 4.69) is 36.4 Å². The number of fused-ring (bicyclic) bond motifs is 5. The van der Waals surface area contributed by atoms with Gasteiger partial charge in [0.2, 0.25) is 0 Å². The molecule has 0 spiro atoms. The van der Waals surface area contributed by atoms with Crippen LogP contribution in [0.2, 0.25) is 0 Å². The number of hydrogen-bond donors (Lipinski definition) is 1. The second kappa shape index (κ2) is 9.34. The maximum Gasteiger partial charge on any atom is 0.302 e. The summed E-state index contributed by atoms with van der Waals surface area (Å²) in [6.45, 7) is 9.99. The van der Waals surface area contributed by atoms with E-state index in [4.69, 9.17) is 14.5 Å². The first-order valence-electron chi connectivity index (χ1n) is 12.2. The molecule has 176 valence electrons. The summed E-state index contributed by atoms with van der Waals surface area (Å²) in [6, 6.07) is 0. The lowest BCUT2D eigenvalue weighted by molar-refractivity contribution is -0.312. The monoisotopic (exact) mass is 498 g/mol. The van der Waals surface area contributed by atoms with Crippen molar-refractivity contribution >= 4 is 21.9 Å². The summed E-state index contributed by atoms with van der Waals surface area (Å²) < 4.78 is 5.71. The Morgan fingerprint density at radius 1 is 1.19 bits per heavy atom. The van der Waals surface area contributed by atoms with Gasteiger partial charge >= 0.3 is 5.97 Å². The highest BCUT2D eigenvalue weighted by atomic mass is 79.9. The third-order valence-electron chi connectivity index (χ3n) is 9.03. The van der Waals surface area contributed by atoms with Crippen molar-refractivity contribution in [1.82, 2.24) is 0 Å². The maximum atomic E-state index is 11.6. The second-order valence-electron chi connectivity index (χ2n) is 10.8. The fourth-order valence-corrected chi connectivity index (χ4v) is 8.60. The van der Waals surface area contributed by atoms with Crippen LogP contribution in [0.5, 0.6) is 0 Å². The molecule has 0 aromatic rings. The molecule has 4 rings (SSSR count). The van der Waals surface area contributed by atoms with Gasteiger partial charge in [-0.2, -0.15) is 4.89 Å². The van der Waals surface area contributed by atoms with E-state index in [0.29, 0.717) is 35.3 Å². The standard InChI is InChI=1S/C25H39BrO5/c1-5-6-14(2)30-31-17-9-10-25(4)16(11-17)12-22(28)23-19-13-21(26)24(29-15(3)27)18(19)7-8-20(23)25/h16-24,28H,2,5-13H2,1,3-4H3/t16?,17-,18-,19?,20?,21+,22?,23?,24+,25-/m0/s1. The van der Waals surface area contributed by atoms with Crippen molar-refractivity contribution in [3.63, 3.8) is 0 Å². The van der Waals surface area contributed by atoms with Crippen molar-refractivity contribution in [3.05, 3.63) is 12.3 Å². The Hall–Kier alpha value is -0.590. The van der Waals surface area contributed by atoms with Gasteiger partial charge in [-0.1, -0.05) is 36.4 Å². The number of ether oxygens (including phenoxy) is 1. The Labute approximate surface area is 195 Å². The molecule has 0 aliphatic heterocycles. The number of esters is 1. The van der Waals surface area contributed by atoms with Crippen LogP contribution in [0, 0.1) is 35.0 Å². The Morgan fingerprint density at radius 2 is 1.97 bits per heavy atom. The van der Waals surface area contributed by atoms with Crippen LogP contribution in [0.15, 0.2) is 12.3 Å². The van der Waals surface area contributed by atoms with Crippen molar-refractivity contribution < 1.29 is 24.4 Å². The summed E-state index contributed by atoms with van der Waals surface area (Å²) in [5.41, 5.74) is 0.233. The Morgan fingerprint density at radius 3 is 2.68 bits per heavy atom. The molecule has 0 aromatic heterocycles. The number of halogens is 1. The largest absolute Gasteiger partial charge is 0.461 e. The van der Waals surface area contributed by atoms with Gasteiger partial charge in [0.15, 0.2) is 0 Å². The fraction of sp³-hybridized carbons (Fsp3) is 0.880. The van der Waals surface area contributed by atoms with E-state index < -0.39 is 0 Å². The van der Waals surface area contributed by atoms with Crippen LogP contribution >= 0.6 is 15.9 Å². The minimum atomic E-state index is -0.290. The second-order valence-corrected chi connectivity index (χ2v) is 12.0. The zero-order chi connectivity index (χ0) is 22.3. The smallest absolute Gasteiger partial charge is 0.302 e. The molecule has 31 heavy (non-hydrogen) atoms. The quantitative estimate of drug-likeness (QED) is 0.171. The predicted molar refractivity (Wildman–Crippen MR) is 122 cm³/mol. The average Bonchev–Trinajstić information content (AvgIpc) is 3.02. The summed E-state index contributed by atoms with van der Waals surface area (Å²) in [4.78, 5) is 23.1. The molecule has 4 saturated carbocycles. The van der Waals surface area contributed by atoms with Crippen molar-refractivity contribution in [3.8, 4) is 0 Å². The predicted octanol–water partition coefficient (Wildman–Crippen LogP) is 5.55. The van der Waals surface area contributed by atoms with E-state index in [1.807, 2.05) is 0 Å². The normalized spacial score (nSPS) is 46.4. The van der Waals surface area contributed by atoms with Crippen LogP contribution in [0.1, 0.15) is 78.6 Å². The van der Waals surface area contributed by atoms with E-state index in [-0.39, 0.29) is 34.5 Å². The molecule has 0 bridgehead atoms. The van der Waals surface area contributed by atoms with Gasteiger partial charge in [0.05, 0.1) is 10.9 Å². The van der Waals surface area contributed by atoms with Crippen LogP contribution in [-0.2, 0) is 19.3 Å². The SMILES string of the molecule is C=C(CCC)OO[C@H]1CC[C@@]2(C)C(CC(O)C3C4C[C@@H](Br)[C@H](OC(C)=O)[C@H]4CCC32)C1. The highest BCUT2D eigenvalue weighted by Gasteiger charge is 2.61. The van der Waals surface area contributed by atoms with Crippen molar-refractivity contribution in [2.45, 2.75) is 102 Å². The molecule has 0 saturated heterocycles. The van der Waals surface area contributed by atoms with Crippen LogP contribution in [-0.4, -0.2) is 34.2 Å². The molecule has 5 nitrogen and oxygen atoms in total. The van der Waals surface area contributed by atoms with Crippen LogP contribution in [0.3, 0.4) is 0 Å². The molecule has 6 heteroatoms. The van der Waals surface area contributed by atoms with Gasteiger partial charge in [0.25, 0.3) is 0 Å². The number of rotatable bonds is 6. The zero-order valence-electron chi connectivity index (χ0n) is 19.2. The summed E-state index contributed by atoms with van der Waals surface area (Å²) in [5, 5.41) is 11.3. The first-order valence-corrected chi connectivity index (χ1v) is 13.2. The van der Waals surface area contributed by atoms with Crippen molar-refractivity contribution in [1.29, 1.82) is 0 Å². The van der Waals surface area contributed by atoms with Crippen LogP contribution in [0.4, 0.5) is 0 Å². The lowest BCUT2D eigenvalue weighted by Crippen LogP contribution is -2.57. The Bertz CT molecular complexity index is 683. The lowest BCUT2D eigenvalue weighted by Gasteiger charge is -2.60. The fourth-order valence-electron chi connectivity index (χ4n) is 7.67. The molecule has 0 radical (unpaired) electrons. The molecule has 10 atom stereocenters. The molecular formula is C25H39BrO5. The molecule has 5 unspecified atom stereocenters. The minimum absolute atomic E-state index is 0.0568. The van der Waals surface area contributed by atoms with E-state index in [1.54, 1.807) is 0 Å². The summed E-state index contributed by atoms with van der Waals surface area (Å²) in [6.07, 6.45) is 8.63. The molecule has 1 N–H and O–H groups in total. The van der Waals surface area contributed by atoms with Gasteiger partial charge < -0.3 is 14.7 Å². The third kappa shape index (κ3) is 4.46. The molecule has 0 aromatic carbocycles. The molecule has 0 amide bonds. The molecule has 4 aliphatic rings. The molecule has 0 heterocycles. The Kier molecular flexibility index (Phi) is 7.10. The number of aliphatic hydroxyl groups excluding tert-OH is 1.